The van der Waals surface area contributed by atoms with Crippen LogP contribution in [0.1, 0.15) is 63.9 Å². The van der Waals surface area contributed by atoms with Crippen LogP contribution in [-0.2, 0) is 6.42 Å². The van der Waals surface area contributed by atoms with Gasteiger partial charge in [-0.05, 0) is 30.5 Å². The van der Waals surface area contributed by atoms with Crippen molar-refractivity contribution in [2.24, 2.45) is 0 Å². The third-order valence-corrected chi connectivity index (χ3v) is 3.51. The van der Waals surface area contributed by atoms with Crippen LogP contribution in [0.5, 0.6) is 0 Å². The third kappa shape index (κ3) is 7.38. The first kappa shape index (κ1) is 14.5. The fourth-order valence-corrected chi connectivity index (χ4v) is 2.26. The number of benzene rings is 1. The molecule has 0 fully saturated rings. The Balaban J connectivity index is 1.95. The molecule has 1 radical (unpaired) electrons. The second-order valence-electron chi connectivity index (χ2n) is 4.87. The zero-order valence-corrected chi connectivity index (χ0v) is 11.9. The molecule has 0 saturated heterocycles. The molecule has 0 N–H and O–H groups in total. The number of hydrogen-bond donors (Lipinski definition) is 0. The van der Waals surface area contributed by atoms with Gasteiger partial charge in [0.2, 0.25) is 0 Å². The third-order valence-electron chi connectivity index (χ3n) is 3.24. The minimum Gasteiger partial charge on any atom is -0.0801 e. The molecule has 1 heteroatoms. The topological polar surface area (TPSA) is 0 Å². The SMILES string of the molecule is CCCCCCCCCCc1ccc([S])cc1. The van der Waals surface area contributed by atoms with Gasteiger partial charge in [-0.2, -0.15) is 0 Å². The molecule has 1 aromatic rings. The summed E-state index contributed by atoms with van der Waals surface area (Å²) in [5.74, 6) is 0. The highest BCUT2D eigenvalue weighted by atomic mass is 32.1. The van der Waals surface area contributed by atoms with Crippen LogP contribution in [0, 0.1) is 0 Å². The summed E-state index contributed by atoms with van der Waals surface area (Å²) >= 11 is 5.08. The van der Waals surface area contributed by atoms with Crippen molar-refractivity contribution in [3.8, 4) is 0 Å². The molecule has 0 aliphatic carbocycles. The van der Waals surface area contributed by atoms with Gasteiger partial charge in [0.15, 0.2) is 0 Å². The maximum absolute atomic E-state index is 5.08. The van der Waals surface area contributed by atoms with Crippen molar-refractivity contribution < 1.29 is 0 Å². The smallest absolute Gasteiger partial charge is 0.0377 e. The lowest BCUT2D eigenvalue weighted by atomic mass is 10.0. The van der Waals surface area contributed by atoms with Gasteiger partial charge in [0.25, 0.3) is 0 Å². The maximum atomic E-state index is 5.08. The Hall–Kier alpha value is -0.560. The van der Waals surface area contributed by atoms with Gasteiger partial charge in [-0.15, -0.1) is 0 Å². The molecular weight excluding hydrogens is 224 g/mol. The van der Waals surface area contributed by atoms with Gasteiger partial charge >= 0.3 is 0 Å². The zero-order chi connectivity index (χ0) is 12.3. The molecule has 1 rings (SSSR count). The first-order valence-corrected chi connectivity index (χ1v) is 7.49. The van der Waals surface area contributed by atoms with Crippen molar-refractivity contribution in [1.82, 2.24) is 0 Å². The van der Waals surface area contributed by atoms with Gasteiger partial charge in [0.05, 0.1) is 0 Å². The molecule has 0 aromatic heterocycles. The Labute approximate surface area is 112 Å². The largest absolute Gasteiger partial charge is 0.0801 e. The van der Waals surface area contributed by atoms with Gasteiger partial charge in [0.1, 0.15) is 0 Å². The fourth-order valence-electron chi connectivity index (χ4n) is 2.12. The Bertz CT molecular complexity index is 276. The summed E-state index contributed by atoms with van der Waals surface area (Å²) in [6.45, 7) is 2.27. The normalized spacial score (nSPS) is 10.6. The van der Waals surface area contributed by atoms with Crippen molar-refractivity contribution in [3.63, 3.8) is 0 Å². The van der Waals surface area contributed by atoms with E-state index in [4.69, 9.17) is 12.6 Å². The van der Waals surface area contributed by atoms with Gasteiger partial charge in [0, 0.05) is 4.90 Å². The van der Waals surface area contributed by atoms with Crippen LogP contribution in [0.2, 0.25) is 0 Å². The van der Waals surface area contributed by atoms with Gasteiger partial charge in [-0.25, -0.2) is 0 Å². The Morgan fingerprint density at radius 3 is 1.88 bits per heavy atom. The first-order valence-electron chi connectivity index (χ1n) is 7.09. The molecule has 0 amide bonds. The van der Waals surface area contributed by atoms with Gasteiger partial charge < -0.3 is 0 Å². The minimum absolute atomic E-state index is 0.949. The van der Waals surface area contributed by atoms with Crippen LogP contribution in [0.4, 0.5) is 0 Å². The highest BCUT2D eigenvalue weighted by Gasteiger charge is 1.94. The van der Waals surface area contributed by atoms with E-state index in [1.165, 1.54) is 63.4 Å². The monoisotopic (exact) mass is 249 g/mol. The lowest BCUT2D eigenvalue weighted by molar-refractivity contribution is 0.575. The van der Waals surface area contributed by atoms with Crippen LogP contribution in [-0.4, -0.2) is 0 Å². The second kappa shape index (κ2) is 9.47. The Morgan fingerprint density at radius 1 is 0.765 bits per heavy atom. The van der Waals surface area contributed by atoms with Gasteiger partial charge in [-0.1, -0.05) is 76.6 Å². The molecule has 0 saturated carbocycles. The molecule has 0 bridgehead atoms. The standard InChI is InChI=1S/C16H25S/c1-2-3-4-5-6-7-8-9-10-15-11-13-16(17)14-12-15/h11-14H,2-10H2,1H3. The summed E-state index contributed by atoms with van der Waals surface area (Å²) in [4.78, 5) is 0.949. The molecule has 0 unspecified atom stereocenters. The predicted octanol–water partition coefficient (Wildman–Crippen LogP) is 5.93. The van der Waals surface area contributed by atoms with Crippen molar-refractivity contribution in [2.45, 2.75) is 69.6 Å². The van der Waals surface area contributed by atoms with E-state index in [1.54, 1.807) is 0 Å². The number of rotatable bonds is 9. The van der Waals surface area contributed by atoms with E-state index in [-0.39, 0.29) is 0 Å². The van der Waals surface area contributed by atoms with E-state index in [2.05, 4.69) is 19.1 Å². The van der Waals surface area contributed by atoms with E-state index in [9.17, 15) is 0 Å². The number of aryl methyl sites for hydroxylation is 1. The molecule has 0 aliphatic heterocycles. The summed E-state index contributed by atoms with van der Waals surface area (Å²) in [6.07, 6.45) is 12.4. The van der Waals surface area contributed by atoms with Crippen LogP contribution < -0.4 is 0 Å². The first-order chi connectivity index (χ1) is 8.33. The molecule has 0 atom stereocenters. The summed E-state index contributed by atoms with van der Waals surface area (Å²) in [7, 11) is 0. The highest BCUT2D eigenvalue weighted by Crippen LogP contribution is 2.13. The van der Waals surface area contributed by atoms with E-state index in [0.29, 0.717) is 0 Å². The van der Waals surface area contributed by atoms with Crippen molar-refractivity contribution in [3.05, 3.63) is 29.8 Å². The number of unbranched alkanes of at least 4 members (excludes halogenated alkanes) is 7. The maximum Gasteiger partial charge on any atom is 0.0377 e. The quantitative estimate of drug-likeness (QED) is 0.476. The number of hydrogen-bond acceptors (Lipinski definition) is 0. The molecule has 0 nitrogen and oxygen atoms in total. The Kier molecular flexibility index (Phi) is 8.08. The van der Waals surface area contributed by atoms with Crippen LogP contribution in [0.3, 0.4) is 0 Å². The van der Waals surface area contributed by atoms with Crippen LogP contribution in [0.25, 0.3) is 0 Å². The van der Waals surface area contributed by atoms with Crippen LogP contribution in [0.15, 0.2) is 29.2 Å². The highest BCUT2D eigenvalue weighted by molar-refractivity contribution is 7.80. The molecular formula is C16H25S. The fraction of sp³-hybridized carbons (Fsp3) is 0.625. The lowest BCUT2D eigenvalue weighted by Crippen LogP contribution is -1.86. The molecule has 95 valence electrons. The summed E-state index contributed by atoms with van der Waals surface area (Å²) in [5.41, 5.74) is 1.43. The van der Waals surface area contributed by atoms with E-state index in [0.717, 1.165) is 4.90 Å². The summed E-state index contributed by atoms with van der Waals surface area (Å²) < 4.78 is 0. The molecule has 17 heavy (non-hydrogen) atoms. The molecule has 0 heterocycles. The van der Waals surface area contributed by atoms with Crippen molar-refractivity contribution in [1.29, 1.82) is 0 Å². The molecule has 0 spiro atoms. The van der Waals surface area contributed by atoms with E-state index < -0.39 is 0 Å². The second-order valence-corrected chi connectivity index (χ2v) is 5.34. The van der Waals surface area contributed by atoms with Gasteiger partial charge in [-0.3, -0.25) is 0 Å². The summed E-state index contributed by atoms with van der Waals surface area (Å²) in [6, 6.07) is 8.41. The van der Waals surface area contributed by atoms with Crippen molar-refractivity contribution in [2.75, 3.05) is 0 Å². The predicted molar refractivity (Wildman–Crippen MR) is 78.6 cm³/mol. The Morgan fingerprint density at radius 2 is 1.29 bits per heavy atom. The molecule has 1 aromatic carbocycles. The molecule has 0 aliphatic rings. The minimum atomic E-state index is 0.949. The average molecular weight is 249 g/mol. The van der Waals surface area contributed by atoms with E-state index in [1.807, 2.05) is 12.1 Å². The lowest BCUT2D eigenvalue weighted by Gasteiger charge is -2.02. The zero-order valence-electron chi connectivity index (χ0n) is 11.1. The van der Waals surface area contributed by atoms with Crippen LogP contribution >= 0.6 is 12.6 Å². The summed E-state index contributed by atoms with van der Waals surface area (Å²) in [5, 5.41) is 0. The average Bonchev–Trinajstić information content (AvgIpc) is 2.35. The van der Waals surface area contributed by atoms with E-state index >= 15 is 0 Å². The van der Waals surface area contributed by atoms with Crippen molar-refractivity contribution >= 4 is 12.6 Å².